The van der Waals surface area contributed by atoms with E-state index >= 15 is 0 Å². The smallest absolute Gasteiger partial charge is 0.280 e. The number of aromatic nitrogens is 3. The maximum atomic E-state index is 14.1. The van der Waals surface area contributed by atoms with Gasteiger partial charge in [-0.05, 0) is 71.7 Å². The van der Waals surface area contributed by atoms with E-state index in [1.165, 1.54) is 12.1 Å². The lowest BCUT2D eigenvalue weighted by Gasteiger charge is -2.25. The fourth-order valence-electron chi connectivity index (χ4n) is 5.14. The molecule has 0 spiro atoms. The van der Waals surface area contributed by atoms with Crippen LogP contribution in [0.3, 0.4) is 0 Å². The SMILES string of the molecule is CC[C@@H](c1cc(F)cc(F)c1)n1c(CCC2CC2)nc(=O)c(Cc2ccc(-c3ccncc3C)cc2)c1O. The molecule has 0 radical (unpaired) electrons. The Morgan fingerprint density at radius 2 is 1.79 bits per heavy atom. The summed E-state index contributed by atoms with van der Waals surface area (Å²) in [5.74, 6) is -0.520. The standard InChI is InChI=1S/C31H31F2N3O2/c1-3-28(23-15-24(32)17-25(33)16-23)36-29(11-8-20-4-5-20)35-30(37)27(31(36)38)14-21-6-9-22(10-7-21)26-12-13-34-18-19(26)2/h6-7,9-10,12-13,15-18,20,28,38H,3-5,8,11,14H2,1-2H3/t28-/m0/s1. The second kappa shape index (κ2) is 10.9. The number of benzene rings is 2. The highest BCUT2D eigenvalue weighted by Gasteiger charge is 2.27. The van der Waals surface area contributed by atoms with E-state index in [0.717, 1.165) is 47.6 Å². The van der Waals surface area contributed by atoms with E-state index in [-0.39, 0.29) is 17.9 Å². The molecule has 0 aliphatic heterocycles. The Balaban J connectivity index is 1.53. The Kier molecular flexibility index (Phi) is 7.36. The molecule has 38 heavy (non-hydrogen) atoms. The van der Waals surface area contributed by atoms with Gasteiger partial charge in [-0.2, -0.15) is 4.98 Å². The Hall–Kier alpha value is -3.87. The van der Waals surface area contributed by atoms with Crippen molar-refractivity contribution in [2.24, 2.45) is 5.92 Å². The molecule has 4 aromatic rings. The number of aromatic hydroxyl groups is 1. The van der Waals surface area contributed by atoms with E-state index in [2.05, 4.69) is 9.97 Å². The molecule has 2 heterocycles. The first-order valence-electron chi connectivity index (χ1n) is 13.1. The van der Waals surface area contributed by atoms with Crippen molar-refractivity contribution < 1.29 is 13.9 Å². The predicted octanol–water partition coefficient (Wildman–Crippen LogP) is 6.53. The number of hydrogen-bond donors (Lipinski definition) is 1. The van der Waals surface area contributed by atoms with E-state index in [1.54, 1.807) is 10.8 Å². The molecule has 0 saturated heterocycles. The minimum absolute atomic E-state index is 0.170. The summed E-state index contributed by atoms with van der Waals surface area (Å²) >= 11 is 0. The maximum absolute atomic E-state index is 14.1. The summed E-state index contributed by atoms with van der Waals surface area (Å²) in [4.78, 5) is 21.7. The third-order valence-electron chi connectivity index (χ3n) is 7.37. The Morgan fingerprint density at radius 1 is 1.08 bits per heavy atom. The summed E-state index contributed by atoms with van der Waals surface area (Å²) in [6.07, 6.45) is 7.87. The zero-order valence-corrected chi connectivity index (χ0v) is 21.6. The normalized spacial score (nSPS) is 14.0. The molecule has 5 rings (SSSR count). The van der Waals surface area contributed by atoms with Crippen LogP contribution < -0.4 is 5.56 Å². The number of rotatable bonds is 9. The van der Waals surface area contributed by atoms with Crippen molar-refractivity contribution in [3.8, 4) is 17.0 Å². The zero-order chi connectivity index (χ0) is 26.8. The fourth-order valence-corrected chi connectivity index (χ4v) is 5.14. The molecule has 0 unspecified atom stereocenters. The molecule has 196 valence electrons. The molecule has 2 aromatic carbocycles. The third-order valence-corrected chi connectivity index (χ3v) is 7.37. The van der Waals surface area contributed by atoms with Crippen LogP contribution in [0.5, 0.6) is 5.88 Å². The summed E-state index contributed by atoms with van der Waals surface area (Å²) < 4.78 is 29.9. The van der Waals surface area contributed by atoms with Gasteiger partial charge in [0.1, 0.15) is 17.5 Å². The molecule has 1 N–H and O–H groups in total. The second-order valence-corrected chi connectivity index (χ2v) is 10.2. The molecule has 1 fully saturated rings. The number of halogens is 2. The number of nitrogens with zero attached hydrogens (tertiary/aromatic N) is 3. The second-order valence-electron chi connectivity index (χ2n) is 10.2. The van der Waals surface area contributed by atoms with E-state index in [1.807, 2.05) is 50.4 Å². The van der Waals surface area contributed by atoms with Crippen LogP contribution in [0.15, 0.2) is 65.7 Å². The first kappa shape index (κ1) is 25.8. The Labute approximate surface area is 220 Å². The first-order chi connectivity index (χ1) is 18.3. The lowest BCUT2D eigenvalue weighted by Crippen LogP contribution is -2.26. The van der Waals surface area contributed by atoms with Crippen LogP contribution in [0, 0.1) is 24.5 Å². The van der Waals surface area contributed by atoms with Gasteiger partial charge in [0.15, 0.2) is 0 Å². The van der Waals surface area contributed by atoms with Gasteiger partial charge in [-0.25, -0.2) is 8.78 Å². The van der Waals surface area contributed by atoms with Crippen molar-refractivity contribution >= 4 is 0 Å². The van der Waals surface area contributed by atoms with Gasteiger partial charge in [0.2, 0.25) is 5.88 Å². The van der Waals surface area contributed by atoms with Crippen molar-refractivity contribution in [2.45, 2.75) is 58.4 Å². The quantitative estimate of drug-likeness (QED) is 0.275. The highest BCUT2D eigenvalue weighted by atomic mass is 19.1. The summed E-state index contributed by atoms with van der Waals surface area (Å²) in [5.41, 5.74) is 4.10. The summed E-state index contributed by atoms with van der Waals surface area (Å²) in [5, 5.41) is 11.5. The van der Waals surface area contributed by atoms with Gasteiger partial charge >= 0.3 is 0 Å². The molecule has 5 nitrogen and oxygen atoms in total. The average Bonchev–Trinajstić information content (AvgIpc) is 3.72. The number of pyridine rings is 1. The molecule has 0 bridgehead atoms. The van der Waals surface area contributed by atoms with Crippen LogP contribution in [0.4, 0.5) is 8.78 Å². The van der Waals surface area contributed by atoms with Crippen LogP contribution in [0.1, 0.15) is 66.7 Å². The molecule has 1 atom stereocenters. The Morgan fingerprint density at radius 3 is 2.42 bits per heavy atom. The summed E-state index contributed by atoms with van der Waals surface area (Å²) in [6.45, 7) is 3.89. The van der Waals surface area contributed by atoms with Gasteiger partial charge in [0.25, 0.3) is 5.56 Å². The van der Waals surface area contributed by atoms with Crippen molar-refractivity contribution in [1.82, 2.24) is 14.5 Å². The fraction of sp³-hybridized carbons (Fsp3) is 0.323. The molecule has 2 aromatic heterocycles. The van der Waals surface area contributed by atoms with E-state index in [0.29, 0.717) is 30.1 Å². The summed E-state index contributed by atoms with van der Waals surface area (Å²) in [6, 6.07) is 12.6. The lowest BCUT2D eigenvalue weighted by molar-refractivity contribution is 0.367. The summed E-state index contributed by atoms with van der Waals surface area (Å²) in [7, 11) is 0. The van der Waals surface area contributed by atoms with Crippen LogP contribution in [-0.2, 0) is 12.8 Å². The minimum atomic E-state index is -0.684. The zero-order valence-electron chi connectivity index (χ0n) is 21.6. The Bertz CT molecular complexity index is 1490. The number of hydrogen-bond acceptors (Lipinski definition) is 4. The van der Waals surface area contributed by atoms with E-state index < -0.39 is 23.2 Å². The van der Waals surface area contributed by atoms with Gasteiger partial charge in [-0.15, -0.1) is 0 Å². The van der Waals surface area contributed by atoms with Crippen LogP contribution in [0.2, 0.25) is 0 Å². The minimum Gasteiger partial charge on any atom is -0.494 e. The van der Waals surface area contributed by atoms with Gasteiger partial charge in [0.05, 0.1) is 11.6 Å². The third kappa shape index (κ3) is 5.52. The van der Waals surface area contributed by atoms with Crippen molar-refractivity contribution in [1.29, 1.82) is 0 Å². The molecular weight excluding hydrogens is 484 g/mol. The highest BCUT2D eigenvalue weighted by Crippen LogP contribution is 2.36. The molecule has 1 aliphatic carbocycles. The monoisotopic (exact) mass is 515 g/mol. The van der Waals surface area contributed by atoms with Gasteiger partial charge in [-0.3, -0.25) is 14.3 Å². The maximum Gasteiger partial charge on any atom is 0.280 e. The van der Waals surface area contributed by atoms with Gasteiger partial charge in [-0.1, -0.05) is 44.0 Å². The predicted molar refractivity (Wildman–Crippen MR) is 143 cm³/mol. The van der Waals surface area contributed by atoms with Crippen molar-refractivity contribution in [3.63, 3.8) is 0 Å². The van der Waals surface area contributed by atoms with E-state index in [4.69, 9.17) is 0 Å². The lowest BCUT2D eigenvalue weighted by atomic mass is 9.98. The van der Waals surface area contributed by atoms with Gasteiger partial charge < -0.3 is 5.11 Å². The highest BCUT2D eigenvalue weighted by molar-refractivity contribution is 5.66. The molecule has 1 aliphatic rings. The molecular formula is C31H31F2N3O2. The van der Waals surface area contributed by atoms with E-state index in [9.17, 15) is 18.7 Å². The van der Waals surface area contributed by atoms with Crippen LogP contribution >= 0.6 is 0 Å². The largest absolute Gasteiger partial charge is 0.494 e. The van der Waals surface area contributed by atoms with Crippen LogP contribution in [-0.4, -0.2) is 19.6 Å². The van der Waals surface area contributed by atoms with Gasteiger partial charge in [0, 0.05) is 31.3 Å². The number of aryl methyl sites for hydroxylation is 2. The van der Waals surface area contributed by atoms with Crippen LogP contribution in [0.25, 0.3) is 11.1 Å². The first-order valence-corrected chi connectivity index (χ1v) is 13.1. The topological polar surface area (TPSA) is 68.0 Å². The average molecular weight is 516 g/mol. The van der Waals surface area contributed by atoms with Crippen molar-refractivity contribution in [3.05, 3.63) is 111 Å². The molecule has 0 amide bonds. The molecule has 1 saturated carbocycles. The van der Waals surface area contributed by atoms with Crippen molar-refractivity contribution in [2.75, 3.05) is 0 Å². The molecule has 7 heteroatoms.